The SMILES string of the molecule is CCCOC(=O)N1CCN(c2ccc([N+](=O)[O-])cn2)C(Oc2c(Cl)cc(OCC=C(Cl)Cl)cc2Cl)C1. The Bertz CT molecular complexity index is 1090. The zero-order chi connectivity index (χ0) is 26.2. The van der Waals surface area contributed by atoms with Crippen LogP contribution < -0.4 is 14.4 Å². The molecule has 1 fully saturated rings. The summed E-state index contributed by atoms with van der Waals surface area (Å²) in [5, 5.41) is 11.3. The van der Waals surface area contributed by atoms with E-state index in [2.05, 4.69) is 4.98 Å². The molecule has 0 radical (unpaired) electrons. The lowest BCUT2D eigenvalue weighted by Crippen LogP contribution is -2.57. The summed E-state index contributed by atoms with van der Waals surface area (Å²) in [7, 11) is 0. The number of pyridine rings is 1. The fourth-order valence-electron chi connectivity index (χ4n) is 3.29. The molecule has 1 atom stereocenters. The molecule has 0 saturated carbocycles. The minimum atomic E-state index is -0.776. The normalized spacial score (nSPS) is 15.3. The second kappa shape index (κ2) is 13.0. The molecule has 3 rings (SSSR count). The number of rotatable bonds is 9. The highest BCUT2D eigenvalue weighted by molar-refractivity contribution is 6.55. The number of carbonyl (C=O) groups excluding carboxylic acids is 1. The summed E-state index contributed by atoms with van der Waals surface area (Å²) in [6, 6.07) is 5.89. The van der Waals surface area contributed by atoms with E-state index in [1.165, 1.54) is 35.2 Å². The minimum absolute atomic E-state index is 0.0615. The number of aromatic nitrogens is 1. The van der Waals surface area contributed by atoms with Gasteiger partial charge in [0.15, 0.2) is 12.0 Å². The van der Waals surface area contributed by atoms with Crippen LogP contribution >= 0.6 is 46.4 Å². The van der Waals surface area contributed by atoms with E-state index in [9.17, 15) is 14.9 Å². The van der Waals surface area contributed by atoms with Crippen molar-refractivity contribution in [3.63, 3.8) is 0 Å². The van der Waals surface area contributed by atoms with Gasteiger partial charge in [-0.15, -0.1) is 0 Å². The van der Waals surface area contributed by atoms with Gasteiger partial charge in [-0.25, -0.2) is 9.78 Å². The van der Waals surface area contributed by atoms with E-state index >= 15 is 0 Å². The Morgan fingerprint density at radius 3 is 2.56 bits per heavy atom. The van der Waals surface area contributed by atoms with Crippen molar-refractivity contribution in [1.29, 1.82) is 0 Å². The molecule has 1 saturated heterocycles. The average molecular weight is 580 g/mol. The number of ether oxygens (including phenoxy) is 3. The molecule has 0 spiro atoms. The van der Waals surface area contributed by atoms with Crippen molar-refractivity contribution in [3.05, 3.63) is 61.2 Å². The Kier molecular flexibility index (Phi) is 10.1. The van der Waals surface area contributed by atoms with Crippen LogP contribution in [-0.2, 0) is 4.74 Å². The van der Waals surface area contributed by atoms with E-state index in [1.54, 1.807) is 4.90 Å². The molecule has 0 N–H and O–H groups in total. The summed E-state index contributed by atoms with van der Waals surface area (Å²) in [4.78, 5) is 30.4. The molecule has 14 heteroatoms. The molecule has 1 unspecified atom stereocenters. The highest BCUT2D eigenvalue weighted by Gasteiger charge is 2.34. The van der Waals surface area contributed by atoms with Gasteiger partial charge in [-0.1, -0.05) is 53.3 Å². The van der Waals surface area contributed by atoms with Gasteiger partial charge in [0.2, 0.25) is 0 Å². The van der Waals surface area contributed by atoms with E-state index in [0.29, 0.717) is 31.1 Å². The molecule has 194 valence electrons. The predicted octanol–water partition coefficient (Wildman–Crippen LogP) is 6.07. The Morgan fingerprint density at radius 1 is 1.25 bits per heavy atom. The topological polar surface area (TPSA) is 107 Å². The number of nitro groups is 1. The fourth-order valence-corrected chi connectivity index (χ4v) is 3.97. The molecule has 2 aromatic rings. The average Bonchev–Trinajstić information content (AvgIpc) is 2.84. The lowest BCUT2D eigenvalue weighted by atomic mass is 10.2. The first-order valence-electron chi connectivity index (χ1n) is 10.8. The zero-order valence-electron chi connectivity index (χ0n) is 19.0. The molecule has 10 nitrogen and oxygen atoms in total. The van der Waals surface area contributed by atoms with Crippen molar-refractivity contribution >= 4 is 64.0 Å². The highest BCUT2D eigenvalue weighted by Crippen LogP contribution is 2.38. The number of benzene rings is 1. The second-order valence-corrected chi connectivity index (χ2v) is 9.30. The number of carbonyl (C=O) groups is 1. The quantitative estimate of drug-likeness (QED) is 0.260. The summed E-state index contributed by atoms with van der Waals surface area (Å²) in [6.07, 6.45) is 2.04. The summed E-state index contributed by atoms with van der Waals surface area (Å²) in [5.74, 6) is 0.951. The first-order chi connectivity index (χ1) is 17.2. The Morgan fingerprint density at radius 2 is 1.97 bits per heavy atom. The summed E-state index contributed by atoms with van der Waals surface area (Å²) < 4.78 is 17.0. The summed E-state index contributed by atoms with van der Waals surface area (Å²) in [5.41, 5.74) is -0.148. The minimum Gasteiger partial charge on any atom is -0.489 e. The van der Waals surface area contributed by atoms with Crippen LogP contribution in [0.3, 0.4) is 0 Å². The third-order valence-corrected chi connectivity index (χ3v) is 5.84. The number of hydrogen-bond donors (Lipinski definition) is 0. The molecule has 1 aliphatic heterocycles. The molecule has 1 aromatic carbocycles. The molecule has 1 amide bonds. The van der Waals surface area contributed by atoms with E-state index in [0.717, 1.165) is 6.20 Å². The molecule has 1 aromatic heterocycles. The Hall–Kier alpha value is -2.66. The zero-order valence-corrected chi connectivity index (χ0v) is 22.1. The Balaban J connectivity index is 1.85. The van der Waals surface area contributed by atoms with Crippen molar-refractivity contribution in [2.75, 3.05) is 37.7 Å². The van der Waals surface area contributed by atoms with Crippen molar-refractivity contribution in [2.24, 2.45) is 0 Å². The van der Waals surface area contributed by atoms with Crippen molar-refractivity contribution in [3.8, 4) is 11.5 Å². The summed E-state index contributed by atoms with van der Waals surface area (Å²) in [6.45, 7) is 3.04. The molecule has 36 heavy (non-hydrogen) atoms. The lowest BCUT2D eigenvalue weighted by Gasteiger charge is -2.41. The van der Waals surface area contributed by atoms with Gasteiger partial charge in [0, 0.05) is 31.3 Å². The maximum Gasteiger partial charge on any atom is 0.410 e. The van der Waals surface area contributed by atoms with Crippen LogP contribution in [0.5, 0.6) is 11.5 Å². The van der Waals surface area contributed by atoms with Gasteiger partial charge in [0.05, 0.1) is 28.1 Å². The monoisotopic (exact) mass is 578 g/mol. The number of hydrogen-bond acceptors (Lipinski definition) is 8. The van der Waals surface area contributed by atoms with Gasteiger partial charge in [0.1, 0.15) is 28.9 Å². The maximum atomic E-state index is 12.5. The molecular weight excluding hydrogens is 558 g/mol. The van der Waals surface area contributed by atoms with Crippen LogP contribution in [0.2, 0.25) is 10.0 Å². The number of nitrogens with zero attached hydrogens (tertiary/aromatic N) is 4. The van der Waals surface area contributed by atoms with Gasteiger partial charge >= 0.3 is 6.09 Å². The molecule has 0 bridgehead atoms. The molecule has 2 heterocycles. The molecule has 1 aliphatic rings. The molecule has 0 aliphatic carbocycles. The van der Waals surface area contributed by atoms with Crippen LogP contribution in [0.25, 0.3) is 0 Å². The van der Waals surface area contributed by atoms with E-state index in [4.69, 9.17) is 60.6 Å². The first kappa shape index (κ1) is 27.9. The van der Waals surface area contributed by atoms with Gasteiger partial charge in [-0.3, -0.25) is 10.1 Å². The first-order valence-corrected chi connectivity index (χ1v) is 12.3. The van der Waals surface area contributed by atoms with E-state index in [-0.39, 0.29) is 45.7 Å². The number of piperazine rings is 1. The van der Waals surface area contributed by atoms with Gasteiger partial charge in [0.25, 0.3) is 5.69 Å². The van der Waals surface area contributed by atoms with E-state index in [1.807, 2.05) is 6.92 Å². The second-order valence-electron chi connectivity index (χ2n) is 7.48. The van der Waals surface area contributed by atoms with E-state index < -0.39 is 17.2 Å². The Labute approximate surface area is 227 Å². The van der Waals surface area contributed by atoms with Crippen LogP contribution in [0.4, 0.5) is 16.3 Å². The third kappa shape index (κ3) is 7.42. The third-order valence-electron chi connectivity index (χ3n) is 4.97. The fraction of sp³-hybridized carbons (Fsp3) is 0.364. The van der Waals surface area contributed by atoms with Gasteiger partial charge < -0.3 is 24.0 Å². The standard InChI is InChI=1S/C22H22Cl4N4O6/c1-2-8-35-22(31)28-6-7-29(19-4-3-14(12-27-19)30(32)33)20(13-28)36-21-16(23)10-15(11-17(21)24)34-9-5-18(25)26/h3-5,10-12,20H,2,6-9,13H2,1H3. The van der Waals surface area contributed by atoms with Crippen LogP contribution in [0.15, 0.2) is 41.0 Å². The van der Waals surface area contributed by atoms with Crippen LogP contribution in [-0.4, -0.2) is 60.0 Å². The van der Waals surface area contributed by atoms with Crippen LogP contribution in [0, 0.1) is 10.1 Å². The number of halogens is 4. The predicted molar refractivity (Wildman–Crippen MR) is 138 cm³/mol. The number of anilines is 1. The van der Waals surface area contributed by atoms with Crippen molar-refractivity contribution in [1.82, 2.24) is 9.88 Å². The van der Waals surface area contributed by atoms with Gasteiger partial charge in [-0.05, 0) is 18.6 Å². The molecular formula is C22H22Cl4N4O6. The van der Waals surface area contributed by atoms with Crippen LogP contribution in [0.1, 0.15) is 13.3 Å². The van der Waals surface area contributed by atoms with Crippen molar-refractivity contribution < 1.29 is 23.9 Å². The summed E-state index contributed by atoms with van der Waals surface area (Å²) >= 11 is 24.1. The smallest absolute Gasteiger partial charge is 0.410 e. The lowest BCUT2D eigenvalue weighted by molar-refractivity contribution is -0.385. The number of amides is 1. The largest absolute Gasteiger partial charge is 0.489 e. The highest BCUT2D eigenvalue weighted by atomic mass is 35.5. The maximum absolute atomic E-state index is 12.5. The van der Waals surface area contributed by atoms with Crippen molar-refractivity contribution in [2.45, 2.75) is 19.6 Å². The van der Waals surface area contributed by atoms with Gasteiger partial charge in [-0.2, -0.15) is 0 Å².